The molecule has 0 atom stereocenters. The second-order valence-electron chi connectivity index (χ2n) is 8.82. The lowest BCUT2D eigenvalue weighted by Crippen LogP contribution is -2.22. The van der Waals surface area contributed by atoms with Crippen molar-refractivity contribution in [3.05, 3.63) is 115 Å². The van der Waals surface area contributed by atoms with Gasteiger partial charge in [-0.15, -0.1) is 0 Å². The molecule has 182 valence electrons. The molecule has 0 bridgehead atoms. The molecule has 6 heteroatoms. The van der Waals surface area contributed by atoms with E-state index in [9.17, 15) is 8.42 Å². The van der Waals surface area contributed by atoms with E-state index in [4.69, 9.17) is 8.92 Å². The standard InChI is InChI=1S/C17H20O4S.C12H10S/c1-13-5-11-16(12-6-13)22(18,19)21-15-9-7-14(8-10-15)20-17(2,3)4;1-3-7-11(8-4-1)13-12-9-5-2-6-10-12/h5-12H,1-4H3;1-10H/p+1. The van der Waals surface area contributed by atoms with Gasteiger partial charge in [-0.25, -0.2) is 0 Å². The van der Waals surface area contributed by atoms with Crippen LogP contribution in [0.4, 0.5) is 0 Å². The predicted octanol–water partition coefficient (Wildman–Crippen LogP) is 6.86. The molecule has 0 heterocycles. The van der Waals surface area contributed by atoms with Crippen LogP contribution in [-0.4, -0.2) is 14.0 Å². The third kappa shape index (κ3) is 9.15. The van der Waals surface area contributed by atoms with Crippen LogP contribution in [0, 0.1) is 6.92 Å². The number of benzene rings is 4. The van der Waals surface area contributed by atoms with Crippen LogP contribution >= 0.6 is 0 Å². The summed E-state index contributed by atoms with van der Waals surface area (Å²) in [6.45, 7) is 7.73. The molecular formula is C29H31O4S2+. The third-order valence-corrected chi connectivity index (χ3v) is 6.91. The van der Waals surface area contributed by atoms with Crippen LogP contribution in [0.2, 0.25) is 0 Å². The van der Waals surface area contributed by atoms with Crippen molar-refractivity contribution in [1.82, 2.24) is 0 Å². The molecule has 0 N–H and O–H groups in total. The van der Waals surface area contributed by atoms with Gasteiger partial charge in [0.25, 0.3) is 0 Å². The molecule has 0 unspecified atom stereocenters. The number of ether oxygens (including phenoxy) is 1. The average molecular weight is 508 g/mol. The number of aryl methyl sites for hydroxylation is 1. The summed E-state index contributed by atoms with van der Waals surface area (Å²) in [7, 11) is -3.82. The highest BCUT2D eigenvalue weighted by Gasteiger charge is 2.17. The van der Waals surface area contributed by atoms with Crippen molar-refractivity contribution < 1.29 is 17.3 Å². The topological polar surface area (TPSA) is 52.6 Å². The van der Waals surface area contributed by atoms with Gasteiger partial charge < -0.3 is 8.92 Å². The van der Waals surface area contributed by atoms with E-state index in [0.29, 0.717) is 5.75 Å². The Bertz CT molecular complexity index is 1240. The zero-order chi connectivity index (χ0) is 25.3. The summed E-state index contributed by atoms with van der Waals surface area (Å²) in [5.41, 5.74) is 0.679. The molecule has 0 aliphatic carbocycles. The summed E-state index contributed by atoms with van der Waals surface area (Å²) in [6, 6.07) is 34.0. The number of rotatable bonds is 6. The van der Waals surface area contributed by atoms with E-state index in [-0.39, 0.29) is 16.2 Å². The molecule has 0 saturated heterocycles. The van der Waals surface area contributed by atoms with E-state index < -0.39 is 10.1 Å². The summed E-state index contributed by atoms with van der Waals surface area (Å²) >= 11 is 1.28. The van der Waals surface area contributed by atoms with Crippen LogP contribution < -0.4 is 8.92 Å². The highest BCUT2D eigenvalue weighted by atomic mass is 32.2. The number of hydrogen-bond donors (Lipinski definition) is 0. The summed E-state index contributed by atoms with van der Waals surface area (Å²) in [4.78, 5) is 2.82. The average Bonchev–Trinajstić information content (AvgIpc) is 2.81. The minimum Gasteiger partial charge on any atom is -0.488 e. The molecule has 4 nitrogen and oxygen atoms in total. The summed E-state index contributed by atoms with van der Waals surface area (Å²) in [6.07, 6.45) is 0. The Morgan fingerprint density at radius 1 is 0.629 bits per heavy atom. The van der Waals surface area contributed by atoms with Gasteiger partial charge in [0.05, 0.1) is 0 Å². The Morgan fingerprint density at radius 2 is 1.09 bits per heavy atom. The maximum atomic E-state index is 12.2. The van der Waals surface area contributed by atoms with Crippen LogP contribution in [0.15, 0.2) is 124 Å². The maximum Gasteiger partial charge on any atom is 0.339 e. The minimum absolute atomic E-state index is 0.133. The monoisotopic (exact) mass is 507 g/mol. The number of thiol groups is 1. The van der Waals surface area contributed by atoms with Gasteiger partial charge in [-0.2, -0.15) is 8.42 Å². The minimum atomic E-state index is -3.82. The van der Waals surface area contributed by atoms with E-state index in [2.05, 4.69) is 48.5 Å². The summed E-state index contributed by atoms with van der Waals surface area (Å²) in [5.74, 6) is 0.911. The van der Waals surface area contributed by atoms with Gasteiger partial charge in [-0.1, -0.05) is 54.1 Å². The Labute approximate surface area is 213 Å². The first-order chi connectivity index (χ1) is 16.6. The highest BCUT2D eigenvalue weighted by molar-refractivity contribution is 7.87. The van der Waals surface area contributed by atoms with Gasteiger partial charge in [0.15, 0.2) is 9.79 Å². The third-order valence-electron chi connectivity index (χ3n) is 4.53. The lowest BCUT2D eigenvalue weighted by Gasteiger charge is -2.21. The van der Waals surface area contributed by atoms with Crippen LogP contribution in [-0.2, 0) is 21.9 Å². The molecule has 4 rings (SSSR count). The molecule has 0 radical (unpaired) electrons. The summed E-state index contributed by atoms with van der Waals surface area (Å²) in [5, 5.41) is 0. The zero-order valence-electron chi connectivity index (χ0n) is 20.4. The van der Waals surface area contributed by atoms with Crippen molar-refractivity contribution in [3.63, 3.8) is 0 Å². The smallest absolute Gasteiger partial charge is 0.339 e. The van der Waals surface area contributed by atoms with Gasteiger partial charge in [0.1, 0.15) is 22.0 Å². The second-order valence-corrected chi connectivity index (χ2v) is 11.6. The Balaban J connectivity index is 0.000000223. The van der Waals surface area contributed by atoms with Crippen molar-refractivity contribution in [1.29, 1.82) is 0 Å². The van der Waals surface area contributed by atoms with Crippen molar-refractivity contribution in [2.75, 3.05) is 0 Å². The Kier molecular flexibility index (Phi) is 9.01. The number of hydrogen-bond acceptors (Lipinski definition) is 4. The fourth-order valence-electron chi connectivity index (χ4n) is 2.95. The van der Waals surface area contributed by atoms with E-state index in [1.165, 1.54) is 33.7 Å². The van der Waals surface area contributed by atoms with Gasteiger partial charge in [-0.05, 0) is 88.4 Å². The Morgan fingerprint density at radius 3 is 1.54 bits per heavy atom. The lowest BCUT2D eigenvalue weighted by molar-refractivity contribution is 0.131. The van der Waals surface area contributed by atoms with E-state index in [1.807, 2.05) is 39.8 Å². The van der Waals surface area contributed by atoms with Crippen LogP contribution in [0.5, 0.6) is 11.5 Å². The molecule has 4 aromatic rings. The molecule has 0 saturated carbocycles. The maximum absolute atomic E-state index is 12.2. The summed E-state index contributed by atoms with van der Waals surface area (Å²) < 4.78 is 35.2. The van der Waals surface area contributed by atoms with Gasteiger partial charge in [0.2, 0.25) is 0 Å². The molecule has 35 heavy (non-hydrogen) atoms. The molecule has 0 aromatic heterocycles. The molecule has 0 amide bonds. The first-order valence-corrected chi connectivity index (χ1v) is 13.5. The second kappa shape index (κ2) is 12.0. The van der Waals surface area contributed by atoms with Crippen molar-refractivity contribution in [2.45, 2.75) is 48.0 Å². The van der Waals surface area contributed by atoms with Crippen LogP contribution in [0.1, 0.15) is 26.3 Å². The van der Waals surface area contributed by atoms with E-state index in [1.54, 1.807) is 36.4 Å². The normalized spacial score (nSPS) is 11.2. The fourth-order valence-corrected chi connectivity index (χ4v) is 4.82. The zero-order valence-corrected chi connectivity index (χ0v) is 22.1. The highest BCUT2D eigenvalue weighted by Crippen LogP contribution is 2.24. The van der Waals surface area contributed by atoms with E-state index in [0.717, 1.165) is 5.56 Å². The molecule has 0 aliphatic rings. The predicted molar refractivity (Wildman–Crippen MR) is 144 cm³/mol. The first kappa shape index (κ1) is 26.4. The Hall–Kier alpha value is -3.22. The molecular weight excluding hydrogens is 476 g/mol. The van der Waals surface area contributed by atoms with Crippen LogP contribution in [0.25, 0.3) is 0 Å². The fraction of sp³-hybridized carbons (Fsp3) is 0.172. The van der Waals surface area contributed by atoms with Gasteiger partial charge in [0, 0.05) is 11.8 Å². The van der Waals surface area contributed by atoms with Crippen molar-refractivity contribution >= 4 is 21.9 Å². The molecule has 4 aromatic carbocycles. The largest absolute Gasteiger partial charge is 0.488 e. The molecule has 0 fully saturated rings. The van der Waals surface area contributed by atoms with Gasteiger partial charge >= 0.3 is 10.1 Å². The van der Waals surface area contributed by atoms with Crippen LogP contribution in [0.3, 0.4) is 0 Å². The SMILES string of the molecule is Cc1ccc(S(=O)(=O)Oc2ccc(OC(C)(C)C)cc2)cc1.c1ccc([SH+]c2ccccc2)cc1. The van der Waals surface area contributed by atoms with E-state index >= 15 is 0 Å². The molecule has 0 aliphatic heterocycles. The molecule has 0 spiro atoms. The first-order valence-electron chi connectivity index (χ1n) is 11.2. The van der Waals surface area contributed by atoms with Crippen molar-refractivity contribution in [2.24, 2.45) is 0 Å². The van der Waals surface area contributed by atoms with Gasteiger partial charge in [-0.3, -0.25) is 0 Å². The van der Waals surface area contributed by atoms with Crippen molar-refractivity contribution in [3.8, 4) is 11.5 Å². The lowest BCUT2D eigenvalue weighted by atomic mass is 10.2. The quantitative estimate of drug-likeness (QED) is 0.163.